The minimum absolute atomic E-state index is 0.243. The van der Waals surface area contributed by atoms with Gasteiger partial charge in [0.25, 0.3) is 0 Å². The number of anilines is 1. The monoisotopic (exact) mass is 350 g/mol. The Morgan fingerprint density at radius 1 is 1.04 bits per heavy atom. The Labute approximate surface area is 145 Å². The van der Waals surface area contributed by atoms with Crippen LogP contribution >= 0.6 is 23.2 Å². The normalized spacial score (nSPS) is 10.2. The summed E-state index contributed by atoms with van der Waals surface area (Å²) in [7, 11) is 1.67. The van der Waals surface area contributed by atoms with Crippen LogP contribution in [0.2, 0.25) is 10.0 Å². The molecule has 0 radical (unpaired) electrons. The Kier molecular flexibility index (Phi) is 6.02. The second kappa shape index (κ2) is 7.99. The molecule has 23 heavy (non-hydrogen) atoms. The summed E-state index contributed by atoms with van der Waals surface area (Å²) < 4.78 is 0. The molecule has 0 aliphatic heterocycles. The van der Waals surface area contributed by atoms with Crippen LogP contribution in [0.25, 0.3) is 0 Å². The molecule has 0 unspecified atom stereocenters. The third kappa shape index (κ3) is 5.58. The topological polar surface area (TPSA) is 49.4 Å². The highest BCUT2D eigenvalue weighted by molar-refractivity contribution is 6.35. The average Bonchev–Trinajstić information content (AvgIpc) is 2.46. The summed E-state index contributed by atoms with van der Waals surface area (Å²) in [6.07, 6.45) is -0.243. The van der Waals surface area contributed by atoms with Crippen molar-refractivity contribution in [3.05, 3.63) is 64.1 Å². The first-order valence-electron chi connectivity index (χ1n) is 6.98. The molecule has 0 saturated heterocycles. The van der Waals surface area contributed by atoms with Gasteiger partial charge in [-0.25, -0.2) is 0 Å². The molecule has 120 valence electrons. The quantitative estimate of drug-likeness (QED) is 0.829. The van der Waals surface area contributed by atoms with Crippen LogP contribution in [-0.4, -0.2) is 23.8 Å². The van der Waals surface area contributed by atoms with Gasteiger partial charge in [-0.1, -0.05) is 53.5 Å². The van der Waals surface area contributed by atoms with Gasteiger partial charge in [0.15, 0.2) is 0 Å². The van der Waals surface area contributed by atoms with E-state index in [2.05, 4.69) is 5.32 Å². The number of hydrogen-bond acceptors (Lipinski definition) is 2. The van der Waals surface area contributed by atoms with E-state index in [0.717, 1.165) is 5.56 Å². The standard InChI is InChI=1S/C17H16Cl2N2O2/c1-21(11-12-5-3-2-4-6-12)17(23)10-16(22)20-15-8-13(18)7-14(19)9-15/h2-9H,10-11H2,1H3,(H,20,22). The van der Waals surface area contributed by atoms with Crippen LogP contribution in [0.4, 0.5) is 5.69 Å². The van der Waals surface area contributed by atoms with Crippen molar-refractivity contribution in [1.29, 1.82) is 0 Å². The highest BCUT2D eigenvalue weighted by Crippen LogP contribution is 2.22. The molecule has 0 spiro atoms. The number of halogens is 2. The third-order valence-corrected chi connectivity index (χ3v) is 3.58. The van der Waals surface area contributed by atoms with Crippen LogP contribution in [0, 0.1) is 0 Å². The third-order valence-electron chi connectivity index (χ3n) is 3.15. The molecule has 6 heteroatoms. The van der Waals surface area contributed by atoms with Crippen LogP contribution in [0.15, 0.2) is 48.5 Å². The lowest BCUT2D eigenvalue weighted by atomic mass is 10.2. The predicted octanol–water partition coefficient (Wildman–Crippen LogP) is 3.98. The van der Waals surface area contributed by atoms with E-state index >= 15 is 0 Å². The van der Waals surface area contributed by atoms with Crippen molar-refractivity contribution < 1.29 is 9.59 Å². The fourth-order valence-corrected chi connectivity index (χ4v) is 2.57. The van der Waals surface area contributed by atoms with Gasteiger partial charge in [-0.2, -0.15) is 0 Å². The van der Waals surface area contributed by atoms with Gasteiger partial charge in [0.05, 0.1) is 0 Å². The molecule has 2 aromatic rings. The minimum Gasteiger partial charge on any atom is -0.341 e. The van der Waals surface area contributed by atoms with Crippen LogP contribution < -0.4 is 5.32 Å². The first-order valence-corrected chi connectivity index (χ1v) is 7.73. The van der Waals surface area contributed by atoms with E-state index in [1.54, 1.807) is 25.2 Å². The Hall–Kier alpha value is -2.04. The molecule has 0 atom stereocenters. The van der Waals surface area contributed by atoms with Crippen LogP contribution in [0.5, 0.6) is 0 Å². The smallest absolute Gasteiger partial charge is 0.233 e. The summed E-state index contributed by atoms with van der Waals surface area (Å²) in [4.78, 5) is 25.6. The Balaban J connectivity index is 1.90. The summed E-state index contributed by atoms with van der Waals surface area (Å²) in [5, 5.41) is 3.45. The van der Waals surface area contributed by atoms with Gasteiger partial charge in [-0.05, 0) is 23.8 Å². The first kappa shape index (κ1) is 17.3. The zero-order valence-electron chi connectivity index (χ0n) is 12.6. The lowest BCUT2D eigenvalue weighted by Gasteiger charge is -2.17. The van der Waals surface area contributed by atoms with Crippen molar-refractivity contribution >= 4 is 40.7 Å². The zero-order valence-corrected chi connectivity index (χ0v) is 14.1. The number of hydrogen-bond donors (Lipinski definition) is 1. The zero-order chi connectivity index (χ0) is 16.8. The predicted molar refractivity (Wildman–Crippen MR) is 92.6 cm³/mol. The molecule has 0 aliphatic carbocycles. The van der Waals surface area contributed by atoms with Crippen LogP contribution in [-0.2, 0) is 16.1 Å². The van der Waals surface area contributed by atoms with E-state index in [1.165, 1.54) is 4.90 Å². The summed E-state index contributed by atoms with van der Waals surface area (Å²) >= 11 is 11.7. The SMILES string of the molecule is CN(Cc1ccccc1)C(=O)CC(=O)Nc1cc(Cl)cc(Cl)c1. The van der Waals surface area contributed by atoms with E-state index in [9.17, 15) is 9.59 Å². The molecule has 0 fully saturated rings. The number of nitrogens with zero attached hydrogens (tertiary/aromatic N) is 1. The maximum atomic E-state index is 12.1. The molecule has 4 nitrogen and oxygen atoms in total. The lowest BCUT2D eigenvalue weighted by Crippen LogP contribution is -2.30. The molecule has 0 heterocycles. The van der Waals surface area contributed by atoms with Crippen molar-refractivity contribution in [3.63, 3.8) is 0 Å². The van der Waals surface area contributed by atoms with Crippen LogP contribution in [0.1, 0.15) is 12.0 Å². The van der Waals surface area contributed by atoms with E-state index in [1.807, 2.05) is 30.3 Å². The largest absolute Gasteiger partial charge is 0.341 e. The second-order valence-corrected chi connectivity index (χ2v) is 5.99. The molecule has 0 saturated carbocycles. The summed E-state index contributed by atoms with van der Waals surface area (Å²) in [5.74, 6) is -0.673. The highest BCUT2D eigenvalue weighted by Gasteiger charge is 2.14. The summed E-state index contributed by atoms with van der Waals surface area (Å²) in [6, 6.07) is 14.3. The second-order valence-electron chi connectivity index (χ2n) is 5.12. The number of benzene rings is 2. The Bertz CT molecular complexity index is 685. The van der Waals surface area contributed by atoms with Crippen molar-refractivity contribution in [2.24, 2.45) is 0 Å². The molecule has 1 N–H and O–H groups in total. The van der Waals surface area contributed by atoms with Gasteiger partial charge in [0.1, 0.15) is 6.42 Å². The van der Waals surface area contributed by atoms with Gasteiger partial charge in [-0.15, -0.1) is 0 Å². The van der Waals surface area contributed by atoms with E-state index in [4.69, 9.17) is 23.2 Å². The average molecular weight is 351 g/mol. The fraction of sp³-hybridized carbons (Fsp3) is 0.176. The van der Waals surface area contributed by atoms with Gasteiger partial charge >= 0.3 is 0 Å². The maximum absolute atomic E-state index is 12.1. The van der Waals surface area contributed by atoms with Gasteiger partial charge in [0, 0.05) is 29.3 Å². The lowest BCUT2D eigenvalue weighted by molar-refractivity contribution is -0.133. The van der Waals surface area contributed by atoms with Crippen molar-refractivity contribution in [1.82, 2.24) is 4.90 Å². The molecule has 0 bridgehead atoms. The fourth-order valence-electron chi connectivity index (χ4n) is 2.05. The number of carbonyl (C=O) groups excluding carboxylic acids is 2. The van der Waals surface area contributed by atoms with Crippen molar-refractivity contribution in [2.45, 2.75) is 13.0 Å². The molecular formula is C17H16Cl2N2O2. The number of carbonyl (C=O) groups is 2. The van der Waals surface area contributed by atoms with Crippen molar-refractivity contribution in [3.8, 4) is 0 Å². The van der Waals surface area contributed by atoms with Gasteiger partial charge < -0.3 is 10.2 Å². The van der Waals surface area contributed by atoms with Gasteiger partial charge in [0.2, 0.25) is 11.8 Å². The van der Waals surface area contributed by atoms with E-state index in [-0.39, 0.29) is 12.3 Å². The summed E-state index contributed by atoms with van der Waals surface area (Å²) in [5.41, 5.74) is 1.47. The van der Waals surface area contributed by atoms with Crippen molar-refractivity contribution in [2.75, 3.05) is 12.4 Å². The highest BCUT2D eigenvalue weighted by atomic mass is 35.5. The molecular weight excluding hydrogens is 335 g/mol. The molecule has 2 amide bonds. The van der Waals surface area contributed by atoms with E-state index < -0.39 is 5.91 Å². The molecule has 0 aliphatic rings. The number of nitrogens with one attached hydrogen (secondary N) is 1. The molecule has 2 aromatic carbocycles. The number of rotatable bonds is 5. The first-order chi connectivity index (χ1) is 10.9. The Morgan fingerprint density at radius 2 is 1.65 bits per heavy atom. The molecule has 0 aromatic heterocycles. The Morgan fingerprint density at radius 3 is 2.26 bits per heavy atom. The van der Waals surface area contributed by atoms with Crippen LogP contribution in [0.3, 0.4) is 0 Å². The minimum atomic E-state index is -0.409. The molecule has 2 rings (SSSR count). The number of amides is 2. The van der Waals surface area contributed by atoms with Gasteiger partial charge in [-0.3, -0.25) is 9.59 Å². The van der Waals surface area contributed by atoms with E-state index in [0.29, 0.717) is 22.3 Å². The summed E-state index contributed by atoms with van der Waals surface area (Å²) in [6.45, 7) is 0.454. The maximum Gasteiger partial charge on any atom is 0.233 e.